The van der Waals surface area contributed by atoms with Gasteiger partial charge in [0.2, 0.25) is 0 Å². The molecule has 0 aliphatic heterocycles. The zero-order chi connectivity index (χ0) is 12.0. The second-order valence-corrected chi connectivity index (χ2v) is 5.81. The lowest BCUT2D eigenvalue weighted by molar-refractivity contribution is 0.390. The third kappa shape index (κ3) is 4.22. The topological polar surface area (TPSA) is 38.9 Å². The summed E-state index contributed by atoms with van der Waals surface area (Å²) in [4.78, 5) is 5.51. The van der Waals surface area contributed by atoms with Crippen LogP contribution in [0.2, 0.25) is 0 Å². The van der Waals surface area contributed by atoms with E-state index in [-0.39, 0.29) is 6.04 Å². The number of aromatic nitrogens is 1. The molecule has 0 amide bonds. The van der Waals surface area contributed by atoms with Gasteiger partial charge in [0.25, 0.3) is 0 Å². The van der Waals surface area contributed by atoms with Crippen molar-refractivity contribution in [3.8, 4) is 0 Å². The molecule has 1 rings (SSSR count). The van der Waals surface area contributed by atoms with Crippen molar-refractivity contribution in [1.82, 2.24) is 4.98 Å². The van der Waals surface area contributed by atoms with Gasteiger partial charge >= 0.3 is 0 Å². The number of nitrogens with zero attached hydrogens (tertiary/aromatic N) is 1. The van der Waals surface area contributed by atoms with Crippen molar-refractivity contribution in [2.75, 3.05) is 0 Å². The summed E-state index contributed by atoms with van der Waals surface area (Å²) >= 11 is 1.74. The molecule has 0 radical (unpaired) electrons. The first kappa shape index (κ1) is 13.7. The van der Waals surface area contributed by atoms with E-state index < -0.39 is 0 Å². The predicted molar refractivity (Wildman–Crippen MR) is 71.7 cm³/mol. The molecule has 0 aliphatic carbocycles. The van der Waals surface area contributed by atoms with E-state index >= 15 is 0 Å². The third-order valence-corrected chi connectivity index (χ3v) is 4.18. The van der Waals surface area contributed by atoms with E-state index in [2.05, 4.69) is 18.8 Å². The second kappa shape index (κ2) is 7.02. The molecule has 0 fully saturated rings. The smallest absolute Gasteiger partial charge is 0.0897 e. The molecule has 2 atom stereocenters. The summed E-state index contributed by atoms with van der Waals surface area (Å²) in [5.41, 5.74) is 6.23. The quantitative estimate of drug-likeness (QED) is 0.780. The highest BCUT2D eigenvalue weighted by atomic mass is 32.1. The van der Waals surface area contributed by atoms with Crippen LogP contribution in [-0.2, 0) is 0 Å². The van der Waals surface area contributed by atoms with Gasteiger partial charge in [-0.05, 0) is 19.3 Å². The van der Waals surface area contributed by atoms with Crippen LogP contribution in [0.25, 0.3) is 0 Å². The molecule has 0 aliphatic rings. The van der Waals surface area contributed by atoms with Gasteiger partial charge in [-0.25, -0.2) is 4.98 Å². The highest BCUT2D eigenvalue weighted by Crippen LogP contribution is 2.27. The number of hydrogen-bond donors (Lipinski definition) is 1. The van der Waals surface area contributed by atoms with Crippen molar-refractivity contribution >= 4 is 11.3 Å². The SMILES string of the molecule is CCCCC(CC)CC(N)c1cnc(C)s1. The van der Waals surface area contributed by atoms with Gasteiger partial charge in [0, 0.05) is 17.1 Å². The van der Waals surface area contributed by atoms with Crippen LogP contribution >= 0.6 is 11.3 Å². The molecule has 2 nitrogen and oxygen atoms in total. The Kier molecular flexibility index (Phi) is 5.99. The van der Waals surface area contributed by atoms with Crippen molar-refractivity contribution in [3.63, 3.8) is 0 Å². The molecule has 2 unspecified atom stereocenters. The Morgan fingerprint density at radius 3 is 2.69 bits per heavy atom. The summed E-state index contributed by atoms with van der Waals surface area (Å²) in [6.07, 6.45) is 8.22. The summed E-state index contributed by atoms with van der Waals surface area (Å²) in [6, 6.07) is 0.188. The average molecular weight is 240 g/mol. The van der Waals surface area contributed by atoms with Crippen molar-refractivity contribution in [3.05, 3.63) is 16.1 Å². The van der Waals surface area contributed by atoms with Crippen molar-refractivity contribution in [2.24, 2.45) is 11.7 Å². The number of aryl methyl sites for hydroxylation is 1. The maximum atomic E-state index is 6.23. The second-order valence-electron chi connectivity index (χ2n) is 4.54. The number of hydrogen-bond acceptors (Lipinski definition) is 3. The standard InChI is InChI=1S/C13H24N2S/c1-4-6-7-11(5-2)8-12(14)13-9-15-10(3)16-13/h9,11-12H,4-8,14H2,1-3H3. The van der Waals surface area contributed by atoms with E-state index in [0.717, 1.165) is 17.3 Å². The fraction of sp³-hybridized carbons (Fsp3) is 0.769. The highest BCUT2D eigenvalue weighted by molar-refractivity contribution is 7.11. The van der Waals surface area contributed by atoms with Crippen molar-refractivity contribution in [1.29, 1.82) is 0 Å². The molecule has 1 heterocycles. The number of thiazole rings is 1. The van der Waals surface area contributed by atoms with Gasteiger partial charge in [-0.1, -0.05) is 39.5 Å². The summed E-state index contributed by atoms with van der Waals surface area (Å²) < 4.78 is 0. The van der Waals surface area contributed by atoms with Crippen LogP contribution in [0.1, 0.15) is 61.9 Å². The number of nitrogens with two attached hydrogens (primary N) is 1. The van der Waals surface area contributed by atoms with E-state index in [1.807, 2.05) is 13.1 Å². The minimum atomic E-state index is 0.188. The Balaban J connectivity index is 2.45. The van der Waals surface area contributed by atoms with Crippen molar-refractivity contribution in [2.45, 2.75) is 58.9 Å². The van der Waals surface area contributed by atoms with Crippen LogP contribution < -0.4 is 5.73 Å². The lowest BCUT2D eigenvalue weighted by Gasteiger charge is -2.18. The van der Waals surface area contributed by atoms with Gasteiger partial charge in [-0.3, -0.25) is 0 Å². The average Bonchev–Trinajstić information content (AvgIpc) is 2.70. The van der Waals surface area contributed by atoms with Crippen LogP contribution in [-0.4, -0.2) is 4.98 Å². The fourth-order valence-corrected chi connectivity index (χ4v) is 2.81. The molecule has 0 bridgehead atoms. The lowest BCUT2D eigenvalue weighted by Crippen LogP contribution is -2.14. The third-order valence-electron chi connectivity index (χ3n) is 3.14. The Bertz CT molecular complexity index is 296. The van der Waals surface area contributed by atoms with Crippen LogP contribution in [0, 0.1) is 12.8 Å². The van der Waals surface area contributed by atoms with Gasteiger partial charge < -0.3 is 5.73 Å². The van der Waals surface area contributed by atoms with Crippen LogP contribution in [0.3, 0.4) is 0 Å². The van der Waals surface area contributed by atoms with Gasteiger partial charge in [0.15, 0.2) is 0 Å². The Morgan fingerprint density at radius 1 is 1.44 bits per heavy atom. The van der Waals surface area contributed by atoms with Gasteiger partial charge in [0.05, 0.1) is 5.01 Å². The van der Waals surface area contributed by atoms with Crippen molar-refractivity contribution < 1.29 is 0 Å². The van der Waals surface area contributed by atoms with Crippen LogP contribution in [0.15, 0.2) is 6.20 Å². The maximum absolute atomic E-state index is 6.23. The molecule has 0 saturated heterocycles. The Hall–Kier alpha value is -0.410. The molecule has 3 heteroatoms. The molecule has 2 N–H and O–H groups in total. The highest BCUT2D eigenvalue weighted by Gasteiger charge is 2.15. The van der Waals surface area contributed by atoms with E-state index in [1.165, 1.54) is 30.6 Å². The van der Waals surface area contributed by atoms with E-state index in [0.29, 0.717) is 0 Å². The fourth-order valence-electron chi connectivity index (χ4n) is 2.01. The normalized spacial score (nSPS) is 15.0. The van der Waals surface area contributed by atoms with E-state index in [1.54, 1.807) is 11.3 Å². The first-order valence-electron chi connectivity index (χ1n) is 6.35. The zero-order valence-electron chi connectivity index (χ0n) is 10.7. The van der Waals surface area contributed by atoms with Crippen LogP contribution in [0.4, 0.5) is 0 Å². The van der Waals surface area contributed by atoms with Gasteiger partial charge in [-0.2, -0.15) is 0 Å². The first-order valence-corrected chi connectivity index (χ1v) is 7.16. The molecule has 16 heavy (non-hydrogen) atoms. The molecule has 1 aromatic heterocycles. The molecule has 0 saturated carbocycles. The Morgan fingerprint density at radius 2 is 2.19 bits per heavy atom. The van der Waals surface area contributed by atoms with E-state index in [4.69, 9.17) is 5.73 Å². The molecule has 92 valence electrons. The van der Waals surface area contributed by atoms with E-state index in [9.17, 15) is 0 Å². The number of rotatable bonds is 7. The number of unbranched alkanes of at least 4 members (excludes halogenated alkanes) is 1. The van der Waals surface area contributed by atoms with Gasteiger partial charge in [-0.15, -0.1) is 11.3 Å². The lowest BCUT2D eigenvalue weighted by atomic mass is 9.92. The minimum absolute atomic E-state index is 0.188. The summed E-state index contributed by atoms with van der Waals surface area (Å²) in [7, 11) is 0. The molecular formula is C13H24N2S. The summed E-state index contributed by atoms with van der Waals surface area (Å²) in [5, 5.41) is 1.12. The largest absolute Gasteiger partial charge is 0.323 e. The molecule has 0 spiro atoms. The molecular weight excluding hydrogens is 216 g/mol. The first-order chi connectivity index (χ1) is 7.67. The molecule has 0 aromatic carbocycles. The monoisotopic (exact) mass is 240 g/mol. The van der Waals surface area contributed by atoms with Crippen LogP contribution in [0.5, 0.6) is 0 Å². The summed E-state index contributed by atoms with van der Waals surface area (Å²) in [5.74, 6) is 0.775. The predicted octanol–water partition coefficient (Wildman–Crippen LogP) is 4.06. The Labute approximate surface area is 103 Å². The van der Waals surface area contributed by atoms with Gasteiger partial charge in [0.1, 0.15) is 0 Å². The maximum Gasteiger partial charge on any atom is 0.0897 e. The minimum Gasteiger partial charge on any atom is -0.323 e. The zero-order valence-corrected chi connectivity index (χ0v) is 11.5. The molecule has 1 aromatic rings. The summed E-state index contributed by atoms with van der Waals surface area (Å²) in [6.45, 7) is 6.56.